The number of anilines is 1. The molecule has 1 unspecified atom stereocenters. The normalized spacial score (nSPS) is 21.1. The van der Waals surface area contributed by atoms with Crippen LogP contribution < -0.4 is 24.4 Å². The Bertz CT molecular complexity index is 1420. The third kappa shape index (κ3) is 3.62. The number of nitrogens with one attached hydrogen (secondary N) is 1. The first kappa shape index (κ1) is 23.1. The molecule has 0 saturated carbocycles. The van der Waals surface area contributed by atoms with E-state index in [-0.39, 0.29) is 25.2 Å². The molecule has 2 amide bonds. The third-order valence-electron chi connectivity index (χ3n) is 8.11. The number of nitrogens with zero attached hydrogens (tertiary/aromatic N) is 2. The molecule has 1 fully saturated rings. The Morgan fingerprint density at radius 1 is 0.895 bits per heavy atom. The highest BCUT2D eigenvalue weighted by Crippen LogP contribution is 2.55. The summed E-state index contributed by atoms with van der Waals surface area (Å²) in [5.74, 6) is 1.82. The number of fused-ring (bicyclic) bond motifs is 5. The number of carbonyl (C=O) groups excluding carboxylic acids is 2. The topological polar surface area (TPSA) is 80.3 Å². The second-order valence-corrected chi connectivity index (χ2v) is 10.3. The molecular formula is C30H29N3O5. The van der Waals surface area contributed by atoms with Crippen molar-refractivity contribution in [1.82, 2.24) is 10.2 Å². The molecule has 8 nitrogen and oxygen atoms in total. The molecule has 4 aliphatic rings. The third-order valence-corrected chi connectivity index (χ3v) is 8.11. The molecule has 38 heavy (non-hydrogen) atoms. The van der Waals surface area contributed by atoms with Gasteiger partial charge in [-0.05, 0) is 61.3 Å². The minimum absolute atomic E-state index is 0.0277. The lowest BCUT2D eigenvalue weighted by Crippen LogP contribution is -2.42. The van der Waals surface area contributed by atoms with E-state index in [9.17, 15) is 9.59 Å². The van der Waals surface area contributed by atoms with E-state index >= 15 is 0 Å². The number of amides is 2. The fourth-order valence-electron chi connectivity index (χ4n) is 6.10. The van der Waals surface area contributed by atoms with Gasteiger partial charge >= 0.3 is 0 Å². The zero-order chi connectivity index (χ0) is 25.7. The Hall–Kier alpha value is -4.04. The Morgan fingerprint density at radius 3 is 2.47 bits per heavy atom. The summed E-state index contributed by atoms with van der Waals surface area (Å²) in [7, 11) is 0. The number of likely N-dealkylation sites (tertiary alicyclic amines) is 1. The fourth-order valence-corrected chi connectivity index (χ4v) is 6.10. The summed E-state index contributed by atoms with van der Waals surface area (Å²) in [6.07, 6.45) is 2.48. The number of hydrogen-bond donors (Lipinski definition) is 1. The first-order chi connectivity index (χ1) is 18.6. The number of hydrogen-bond acceptors (Lipinski definition) is 6. The van der Waals surface area contributed by atoms with Crippen LogP contribution >= 0.6 is 0 Å². The van der Waals surface area contributed by atoms with E-state index in [1.165, 1.54) is 12.8 Å². The maximum atomic E-state index is 14.2. The lowest BCUT2D eigenvalue weighted by molar-refractivity contribution is -0.122. The highest BCUT2D eigenvalue weighted by Gasteiger charge is 2.57. The minimum Gasteiger partial charge on any atom is -0.491 e. The van der Waals surface area contributed by atoms with E-state index in [0.29, 0.717) is 35.9 Å². The summed E-state index contributed by atoms with van der Waals surface area (Å²) >= 11 is 0. The lowest BCUT2D eigenvalue weighted by atomic mass is 9.77. The number of para-hydroxylation sites is 1. The van der Waals surface area contributed by atoms with Crippen molar-refractivity contribution in [3.05, 3.63) is 82.9 Å². The van der Waals surface area contributed by atoms with E-state index in [0.717, 1.165) is 42.0 Å². The maximum absolute atomic E-state index is 14.2. The Balaban J connectivity index is 1.11. The SMILES string of the molecule is O=C(NCCN1CCCC1)c1ccc(CN2C(=O)C3(COc4cc5c(cc43)OCO5)c3ccccc32)cc1. The molecule has 1 saturated heterocycles. The molecule has 4 heterocycles. The second kappa shape index (κ2) is 9.06. The van der Waals surface area contributed by atoms with Gasteiger partial charge in [-0.15, -0.1) is 0 Å². The van der Waals surface area contributed by atoms with Crippen LogP contribution in [0.5, 0.6) is 17.2 Å². The van der Waals surface area contributed by atoms with Crippen molar-refractivity contribution in [3.63, 3.8) is 0 Å². The molecule has 0 bridgehead atoms. The maximum Gasteiger partial charge on any atom is 0.251 e. The molecule has 1 spiro atoms. The Kier molecular flexibility index (Phi) is 5.51. The zero-order valence-corrected chi connectivity index (χ0v) is 21.1. The zero-order valence-electron chi connectivity index (χ0n) is 21.1. The predicted octanol–water partition coefficient (Wildman–Crippen LogP) is 3.47. The molecule has 7 rings (SSSR count). The van der Waals surface area contributed by atoms with Crippen LogP contribution in [-0.2, 0) is 16.8 Å². The van der Waals surface area contributed by atoms with Gasteiger partial charge in [-0.25, -0.2) is 0 Å². The summed E-state index contributed by atoms with van der Waals surface area (Å²) in [6, 6.07) is 19.1. The van der Waals surface area contributed by atoms with Gasteiger partial charge in [0.1, 0.15) is 17.8 Å². The molecule has 8 heteroatoms. The van der Waals surface area contributed by atoms with Crippen LogP contribution in [0.15, 0.2) is 60.7 Å². The van der Waals surface area contributed by atoms with Gasteiger partial charge in [0.25, 0.3) is 5.91 Å². The quantitative estimate of drug-likeness (QED) is 0.546. The predicted molar refractivity (Wildman–Crippen MR) is 141 cm³/mol. The molecule has 1 atom stereocenters. The molecule has 194 valence electrons. The summed E-state index contributed by atoms with van der Waals surface area (Å²) < 4.78 is 17.2. The molecule has 3 aromatic rings. The number of rotatable bonds is 6. The summed E-state index contributed by atoms with van der Waals surface area (Å²) in [5.41, 5.74) is 3.24. The number of benzene rings is 3. The smallest absolute Gasteiger partial charge is 0.251 e. The van der Waals surface area contributed by atoms with Gasteiger partial charge in [0.2, 0.25) is 12.7 Å². The van der Waals surface area contributed by atoms with Gasteiger partial charge in [-0.3, -0.25) is 9.59 Å². The van der Waals surface area contributed by atoms with Crippen LogP contribution in [0.2, 0.25) is 0 Å². The minimum atomic E-state index is -0.928. The van der Waals surface area contributed by atoms with Crippen LogP contribution in [0.1, 0.15) is 39.9 Å². The van der Waals surface area contributed by atoms with Crippen LogP contribution in [-0.4, -0.2) is 56.3 Å². The van der Waals surface area contributed by atoms with Gasteiger partial charge < -0.3 is 29.3 Å². The van der Waals surface area contributed by atoms with Crippen LogP contribution in [0.25, 0.3) is 0 Å². The average Bonchev–Trinajstić information content (AvgIpc) is 3.73. The summed E-state index contributed by atoms with van der Waals surface area (Å²) in [5, 5.41) is 3.02. The van der Waals surface area contributed by atoms with Gasteiger partial charge in [-0.2, -0.15) is 0 Å². The van der Waals surface area contributed by atoms with Crippen molar-refractivity contribution in [2.75, 3.05) is 44.5 Å². The van der Waals surface area contributed by atoms with Crippen molar-refractivity contribution >= 4 is 17.5 Å². The Morgan fingerprint density at radius 2 is 1.66 bits per heavy atom. The van der Waals surface area contributed by atoms with Gasteiger partial charge in [0, 0.05) is 36.0 Å². The van der Waals surface area contributed by atoms with E-state index in [2.05, 4.69) is 10.2 Å². The van der Waals surface area contributed by atoms with Crippen LogP contribution in [0.4, 0.5) is 5.69 Å². The van der Waals surface area contributed by atoms with Crippen molar-refractivity contribution in [2.45, 2.75) is 24.8 Å². The summed E-state index contributed by atoms with van der Waals surface area (Å²) in [4.78, 5) is 31.0. The molecule has 1 N–H and O–H groups in total. The summed E-state index contributed by atoms with van der Waals surface area (Å²) in [6.45, 7) is 4.55. The molecule has 3 aromatic carbocycles. The lowest BCUT2D eigenvalue weighted by Gasteiger charge is -2.23. The van der Waals surface area contributed by atoms with Crippen molar-refractivity contribution in [2.24, 2.45) is 0 Å². The first-order valence-electron chi connectivity index (χ1n) is 13.2. The van der Waals surface area contributed by atoms with Crippen molar-refractivity contribution in [3.8, 4) is 17.2 Å². The van der Waals surface area contributed by atoms with E-state index in [4.69, 9.17) is 14.2 Å². The van der Waals surface area contributed by atoms with Crippen LogP contribution in [0, 0.1) is 0 Å². The van der Waals surface area contributed by atoms with Crippen molar-refractivity contribution < 1.29 is 23.8 Å². The molecular weight excluding hydrogens is 482 g/mol. The standard InChI is InChI=1S/C30H29N3O5/c34-28(31-11-14-32-12-3-4-13-32)21-9-7-20(8-10-21)17-33-24-6-2-1-5-22(24)30(29(33)35)18-36-25-16-27-26(15-23(25)30)37-19-38-27/h1-2,5-10,15-16H,3-4,11-14,17-19H2,(H,31,34). The van der Waals surface area contributed by atoms with Crippen molar-refractivity contribution in [1.29, 1.82) is 0 Å². The first-order valence-corrected chi connectivity index (χ1v) is 13.2. The van der Waals surface area contributed by atoms with Gasteiger partial charge in [0.15, 0.2) is 11.5 Å². The number of carbonyl (C=O) groups is 2. The molecule has 4 aliphatic heterocycles. The van der Waals surface area contributed by atoms with E-state index < -0.39 is 5.41 Å². The van der Waals surface area contributed by atoms with Gasteiger partial charge in [-0.1, -0.05) is 30.3 Å². The molecule has 0 aliphatic carbocycles. The molecule has 0 aromatic heterocycles. The average molecular weight is 512 g/mol. The number of ether oxygens (including phenoxy) is 3. The Labute approximate surface area is 221 Å². The van der Waals surface area contributed by atoms with E-state index in [1.807, 2.05) is 65.6 Å². The second-order valence-electron chi connectivity index (χ2n) is 10.3. The highest BCUT2D eigenvalue weighted by molar-refractivity contribution is 6.11. The monoisotopic (exact) mass is 511 g/mol. The van der Waals surface area contributed by atoms with E-state index in [1.54, 1.807) is 0 Å². The van der Waals surface area contributed by atoms with Gasteiger partial charge in [0.05, 0.1) is 6.54 Å². The highest BCUT2D eigenvalue weighted by atomic mass is 16.7. The fraction of sp³-hybridized carbons (Fsp3) is 0.333. The largest absolute Gasteiger partial charge is 0.491 e. The van der Waals surface area contributed by atoms with Crippen LogP contribution in [0.3, 0.4) is 0 Å². The molecule has 0 radical (unpaired) electrons.